The van der Waals surface area contributed by atoms with Crippen LogP contribution in [-0.4, -0.2) is 82.9 Å². The van der Waals surface area contributed by atoms with Crippen LogP contribution in [0.25, 0.3) is 0 Å². The van der Waals surface area contributed by atoms with Gasteiger partial charge in [0, 0.05) is 14.0 Å². The van der Waals surface area contributed by atoms with E-state index in [0.29, 0.717) is 10.6 Å². The first-order valence-corrected chi connectivity index (χ1v) is 4.79. The Bertz CT molecular complexity index is 369. The van der Waals surface area contributed by atoms with E-state index < -0.39 is 0 Å². The second-order valence-electron chi connectivity index (χ2n) is 2.78. The van der Waals surface area contributed by atoms with Gasteiger partial charge in [0.1, 0.15) is 5.70 Å². The second kappa shape index (κ2) is 8.26. The van der Waals surface area contributed by atoms with Crippen molar-refractivity contribution in [1.29, 1.82) is 0 Å². The van der Waals surface area contributed by atoms with Crippen molar-refractivity contribution in [2.75, 3.05) is 7.05 Å². The van der Waals surface area contributed by atoms with Gasteiger partial charge in [-0.15, -0.1) is 25.3 Å². The molecule has 0 radical (unpaired) electrons. The molecule has 0 aromatic heterocycles. The number of carbonyl (C=O) groups is 2. The summed E-state index contributed by atoms with van der Waals surface area (Å²) in [5, 5.41) is 3.90. The quantitative estimate of drug-likeness (QED) is 0.435. The van der Waals surface area contributed by atoms with Crippen molar-refractivity contribution < 1.29 is 9.59 Å². The average molecular weight is 278 g/mol. The first-order valence-electron chi connectivity index (χ1n) is 3.82. The van der Waals surface area contributed by atoms with Gasteiger partial charge in [0.2, 0.25) is 5.91 Å². The molecule has 0 aromatic rings. The van der Waals surface area contributed by atoms with Gasteiger partial charge in [0.15, 0.2) is 0 Å². The Morgan fingerprint density at radius 2 is 1.94 bits per heavy atom. The topological polar surface area (TPSA) is 49.4 Å². The van der Waals surface area contributed by atoms with E-state index in [2.05, 4.69) is 30.6 Å². The fourth-order valence-electron chi connectivity index (χ4n) is 1.10. The van der Waals surface area contributed by atoms with E-state index >= 15 is 0 Å². The number of hydrogen-bond acceptors (Lipinski definition) is 4. The Balaban J connectivity index is 0. The van der Waals surface area contributed by atoms with Crippen LogP contribution in [0.5, 0.6) is 0 Å². The number of amides is 2. The van der Waals surface area contributed by atoms with E-state index in [9.17, 15) is 9.59 Å². The van der Waals surface area contributed by atoms with Gasteiger partial charge in [0.25, 0.3) is 5.91 Å². The molecule has 1 rings (SSSR count). The van der Waals surface area contributed by atoms with Crippen LogP contribution >= 0.6 is 25.3 Å². The molecule has 4 nitrogen and oxygen atoms in total. The van der Waals surface area contributed by atoms with Crippen molar-refractivity contribution in [2.24, 2.45) is 0 Å². The molecule has 16 heavy (non-hydrogen) atoms. The molecule has 0 aliphatic carbocycles. The molecular weight excluding hydrogens is 266 g/mol. The van der Waals surface area contributed by atoms with Crippen LogP contribution in [0.1, 0.15) is 6.92 Å². The van der Waals surface area contributed by atoms with E-state index in [-0.39, 0.29) is 76.6 Å². The fraction of sp³-hybridized carbons (Fsp3) is 0.250. The molecule has 0 spiro atoms. The molecule has 0 saturated heterocycles. The Morgan fingerprint density at radius 1 is 1.44 bits per heavy atom. The monoisotopic (exact) mass is 278 g/mol. The van der Waals surface area contributed by atoms with Gasteiger partial charge < -0.3 is 10.2 Å². The standard InChI is InChI=1S/C8H10N2O2S2.2Na.2H/c1-4(11)9-6-7(14)5(3-13)10(2)8(6)12;;;;/h3,13-14H,1-2H3,(H,9,11);;;;. The van der Waals surface area contributed by atoms with Gasteiger partial charge in [-0.3, -0.25) is 9.59 Å². The van der Waals surface area contributed by atoms with Crippen LogP contribution in [0.15, 0.2) is 21.7 Å². The molecule has 2 amide bonds. The molecule has 1 N–H and O–H groups in total. The van der Waals surface area contributed by atoms with E-state index in [1.54, 1.807) is 7.05 Å². The summed E-state index contributed by atoms with van der Waals surface area (Å²) in [4.78, 5) is 24.2. The molecule has 0 fully saturated rings. The summed E-state index contributed by atoms with van der Waals surface area (Å²) < 4.78 is 0. The predicted molar refractivity (Wildman–Crippen MR) is 74.0 cm³/mol. The van der Waals surface area contributed by atoms with E-state index in [4.69, 9.17) is 0 Å². The molecule has 0 bridgehead atoms. The third-order valence-corrected chi connectivity index (χ3v) is 2.48. The first-order chi connectivity index (χ1) is 6.49. The third-order valence-electron chi connectivity index (χ3n) is 1.78. The number of nitrogens with one attached hydrogen (secondary N) is 1. The number of carbonyl (C=O) groups excluding carboxylic acids is 2. The van der Waals surface area contributed by atoms with Crippen molar-refractivity contribution in [1.82, 2.24) is 10.2 Å². The molecule has 0 aromatic carbocycles. The van der Waals surface area contributed by atoms with Crippen LogP contribution in [0.2, 0.25) is 0 Å². The average Bonchev–Trinajstić information content (AvgIpc) is 2.30. The summed E-state index contributed by atoms with van der Waals surface area (Å²) in [6.45, 7) is 1.34. The first kappa shape index (κ1) is 19.5. The van der Waals surface area contributed by atoms with E-state index in [0.717, 1.165) is 0 Å². The summed E-state index contributed by atoms with van der Waals surface area (Å²) in [7, 11) is 1.59. The van der Waals surface area contributed by atoms with Crippen LogP contribution in [0.4, 0.5) is 0 Å². The zero-order valence-electron chi connectivity index (χ0n) is 7.74. The number of hydrogen-bond donors (Lipinski definition) is 3. The minimum absolute atomic E-state index is 0. The summed E-state index contributed by atoms with van der Waals surface area (Å²) in [5.74, 6) is -0.584. The minimum atomic E-state index is -0.297. The van der Waals surface area contributed by atoms with Crippen LogP contribution in [0.3, 0.4) is 0 Å². The molecule has 0 saturated carbocycles. The van der Waals surface area contributed by atoms with E-state index in [1.165, 1.54) is 17.2 Å². The van der Waals surface area contributed by atoms with E-state index in [1.807, 2.05) is 0 Å². The van der Waals surface area contributed by atoms with Gasteiger partial charge in [-0.2, -0.15) is 0 Å². The number of likely N-dealkylation sites (N-methyl/N-ethyl adjacent to an activating group) is 1. The van der Waals surface area contributed by atoms with Gasteiger partial charge in [-0.1, -0.05) is 0 Å². The normalized spacial score (nSPS) is 17.1. The van der Waals surface area contributed by atoms with Crippen LogP contribution in [0, 0.1) is 0 Å². The fourth-order valence-corrected chi connectivity index (χ4v) is 1.87. The Kier molecular flexibility index (Phi) is 10.0. The van der Waals surface area contributed by atoms with Crippen molar-refractivity contribution >= 4 is 96.2 Å². The number of thiol groups is 2. The van der Waals surface area contributed by atoms with Crippen molar-refractivity contribution in [2.45, 2.75) is 6.92 Å². The maximum absolute atomic E-state index is 11.6. The Morgan fingerprint density at radius 3 is 2.25 bits per heavy atom. The molecule has 8 heteroatoms. The van der Waals surface area contributed by atoms with Crippen molar-refractivity contribution in [3.63, 3.8) is 0 Å². The predicted octanol–water partition coefficient (Wildman–Crippen LogP) is -0.790. The van der Waals surface area contributed by atoms with Crippen molar-refractivity contribution in [3.8, 4) is 0 Å². The van der Waals surface area contributed by atoms with Crippen LogP contribution in [-0.2, 0) is 9.59 Å². The van der Waals surface area contributed by atoms with Gasteiger partial charge in [0.05, 0.1) is 10.6 Å². The molecular formula is C8H12N2Na2O2S2. The molecule has 1 aliphatic heterocycles. The Hall–Kier alpha value is 1.12. The molecule has 1 aliphatic rings. The van der Waals surface area contributed by atoms with Gasteiger partial charge in [-0.05, 0) is 5.41 Å². The molecule has 0 unspecified atom stereocenters. The summed E-state index contributed by atoms with van der Waals surface area (Å²) in [6, 6.07) is 0. The molecule has 0 atom stereocenters. The SMILES string of the molecule is CC(=O)NC1=C(S)C(=CS)N(C)C1=O.[NaH].[NaH]. The maximum atomic E-state index is 11.6. The molecule has 80 valence electrons. The number of rotatable bonds is 1. The summed E-state index contributed by atoms with van der Waals surface area (Å²) in [5.41, 5.74) is 0.772. The van der Waals surface area contributed by atoms with Gasteiger partial charge >= 0.3 is 59.1 Å². The summed E-state index contributed by atoms with van der Waals surface area (Å²) >= 11 is 8.10. The zero-order chi connectivity index (χ0) is 10.9. The Labute approximate surface area is 150 Å². The van der Waals surface area contributed by atoms with Gasteiger partial charge in [-0.25, -0.2) is 0 Å². The summed E-state index contributed by atoms with van der Waals surface area (Å²) in [6.07, 6.45) is 0. The second-order valence-corrected chi connectivity index (χ2v) is 3.49. The number of nitrogens with zero attached hydrogens (tertiary/aromatic N) is 1. The zero-order valence-corrected chi connectivity index (χ0v) is 9.52. The molecule has 1 heterocycles. The van der Waals surface area contributed by atoms with Crippen molar-refractivity contribution in [3.05, 3.63) is 21.7 Å². The van der Waals surface area contributed by atoms with Crippen LogP contribution < -0.4 is 5.32 Å². The third kappa shape index (κ3) is 4.10.